The molecule has 3 aromatic heterocycles. The van der Waals surface area contributed by atoms with Crippen molar-refractivity contribution in [1.29, 1.82) is 0 Å². The quantitative estimate of drug-likeness (QED) is 0.363. The molecule has 0 fully saturated rings. The minimum Gasteiger partial charge on any atom is -0.493 e. The highest BCUT2D eigenvalue weighted by Gasteiger charge is 2.28. The van der Waals surface area contributed by atoms with Crippen molar-refractivity contribution in [3.8, 4) is 22.8 Å². The summed E-state index contributed by atoms with van der Waals surface area (Å²) >= 11 is 0. The number of ether oxygens (including phenoxy) is 2. The van der Waals surface area contributed by atoms with E-state index >= 15 is 0 Å². The lowest BCUT2D eigenvalue weighted by Gasteiger charge is -2.14. The van der Waals surface area contributed by atoms with E-state index in [1.54, 1.807) is 50.7 Å². The summed E-state index contributed by atoms with van der Waals surface area (Å²) in [5.74, 6) is 1.26. The maximum atomic E-state index is 13.3. The number of H-pyrrole nitrogens is 1. The number of hydrogen-bond acceptors (Lipinski definition) is 6. The zero-order chi connectivity index (χ0) is 24.9. The molecule has 35 heavy (non-hydrogen) atoms. The third kappa shape index (κ3) is 3.73. The summed E-state index contributed by atoms with van der Waals surface area (Å²) in [6.45, 7) is 1.91. The highest BCUT2D eigenvalue weighted by atomic mass is 32.2. The topological polar surface area (TPSA) is 112 Å². The summed E-state index contributed by atoms with van der Waals surface area (Å²) < 4.78 is 39.5. The molecule has 0 aliphatic rings. The molecule has 0 saturated carbocycles. The molecule has 0 spiro atoms. The van der Waals surface area contributed by atoms with Crippen LogP contribution in [0.3, 0.4) is 0 Å². The van der Waals surface area contributed by atoms with Crippen LogP contribution < -0.4 is 15.2 Å². The van der Waals surface area contributed by atoms with Gasteiger partial charge in [-0.3, -0.25) is 0 Å². The van der Waals surface area contributed by atoms with Crippen molar-refractivity contribution in [2.24, 2.45) is 12.8 Å². The Bertz CT molecular complexity index is 1670. The van der Waals surface area contributed by atoms with E-state index in [0.717, 1.165) is 27.7 Å². The van der Waals surface area contributed by atoms with Gasteiger partial charge in [-0.05, 0) is 42.8 Å². The number of hydrogen-bond donors (Lipinski definition) is 2. The molecule has 1 unspecified atom stereocenters. The summed E-state index contributed by atoms with van der Waals surface area (Å²) in [5.41, 5.74) is 11.0. The number of aryl methyl sites for hydroxylation is 2. The standard InChI is InChI=1S/C26H26N4O4S/c1-15-5-7-16(8-6-15)35(31,32)25(27)17-9-10-28-26-19(17)11-21(29-26)20-14-30(2)22-13-24(34-4)23(33-3)12-18(20)22/h5-14,25H,27H2,1-4H3,(H,28,29). The van der Waals surface area contributed by atoms with Crippen LogP contribution in [0, 0.1) is 6.92 Å². The number of aromatic nitrogens is 3. The zero-order valence-electron chi connectivity index (χ0n) is 19.9. The van der Waals surface area contributed by atoms with Crippen LogP contribution in [0.5, 0.6) is 11.5 Å². The first kappa shape index (κ1) is 22.9. The van der Waals surface area contributed by atoms with E-state index < -0.39 is 15.2 Å². The first-order chi connectivity index (χ1) is 16.7. The second-order valence-corrected chi connectivity index (χ2v) is 10.6. The molecule has 5 rings (SSSR count). The van der Waals surface area contributed by atoms with E-state index in [4.69, 9.17) is 15.2 Å². The smallest absolute Gasteiger partial charge is 0.198 e. The predicted octanol–water partition coefficient (Wildman–Crippen LogP) is 4.48. The van der Waals surface area contributed by atoms with Gasteiger partial charge in [-0.25, -0.2) is 13.4 Å². The average Bonchev–Trinajstić information content (AvgIpc) is 3.43. The van der Waals surface area contributed by atoms with E-state index in [9.17, 15) is 8.42 Å². The van der Waals surface area contributed by atoms with Crippen molar-refractivity contribution in [2.45, 2.75) is 17.2 Å². The Morgan fingerprint density at radius 2 is 1.69 bits per heavy atom. The minimum absolute atomic E-state index is 0.186. The second kappa shape index (κ2) is 8.44. The minimum atomic E-state index is -3.80. The molecule has 2 aromatic carbocycles. The van der Waals surface area contributed by atoms with E-state index in [-0.39, 0.29) is 4.90 Å². The SMILES string of the molecule is COc1cc2c(-c3cc4c(C(N)S(=O)(=O)c5ccc(C)cc5)ccnc4[nH]3)cn(C)c2cc1OC. The number of rotatable bonds is 6. The number of fused-ring (bicyclic) bond motifs is 2. The Labute approximate surface area is 203 Å². The summed E-state index contributed by atoms with van der Waals surface area (Å²) in [4.78, 5) is 7.94. The molecule has 5 aromatic rings. The number of aromatic amines is 1. The van der Waals surface area contributed by atoms with Crippen molar-refractivity contribution in [2.75, 3.05) is 14.2 Å². The molecular weight excluding hydrogens is 464 g/mol. The molecule has 8 nitrogen and oxygen atoms in total. The van der Waals surface area contributed by atoms with Gasteiger partial charge >= 0.3 is 0 Å². The zero-order valence-corrected chi connectivity index (χ0v) is 20.7. The van der Waals surface area contributed by atoms with Gasteiger partial charge in [0, 0.05) is 47.5 Å². The van der Waals surface area contributed by atoms with Crippen LogP contribution in [0.4, 0.5) is 0 Å². The average molecular weight is 491 g/mol. The maximum absolute atomic E-state index is 13.3. The maximum Gasteiger partial charge on any atom is 0.198 e. The Morgan fingerprint density at radius 3 is 2.37 bits per heavy atom. The summed E-state index contributed by atoms with van der Waals surface area (Å²) in [6.07, 6.45) is 3.57. The van der Waals surface area contributed by atoms with Crippen LogP contribution >= 0.6 is 0 Å². The Hall–Kier alpha value is -3.82. The number of methoxy groups -OCH3 is 2. The monoisotopic (exact) mass is 490 g/mol. The number of nitrogens with two attached hydrogens (primary N) is 1. The third-order valence-electron chi connectivity index (χ3n) is 6.34. The number of benzene rings is 2. The predicted molar refractivity (Wildman–Crippen MR) is 136 cm³/mol. The lowest BCUT2D eigenvalue weighted by molar-refractivity contribution is 0.355. The van der Waals surface area contributed by atoms with Crippen molar-refractivity contribution in [3.05, 3.63) is 72.1 Å². The molecule has 0 aliphatic carbocycles. The van der Waals surface area contributed by atoms with Gasteiger partial charge in [-0.1, -0.05) is 17.7 Å². The van der Waals surface area contributed by atoms with Crippen LogP contribution in [-0.4, -0.2) is 37.2 Å². The third-order valence-corrected chi connectivity index (χ3v) is 8.19. The number of sulfone groups is 1. The van der Waals surface area contributed by atoms with Gasteiger partial charge in [-0.2, -0.15) is 0 Å². The van der Waals surface area contributed by atoms with Crippen LogP contribution in [0.1, 0.15) is 16.5 Å². The molecule has 0 amide bonds. The fourth-order valence-corrected chi connectivity index (χ4v) is 5.75. The van der Waals surface area contributed by atoms with Crippen molar-refractivity contribution in [1.82, 2.24) is 14.5 Å². The largest absolute Gasteiger partial charge is 0.493 e. The molecule has 9 heteroatoms. The van der Waals surface area contributed by atoms with E-state index in [1.165, 1.54) is 0 Å². The van der Waals surface area contributed by atoms with E-state index in [2.05, 4.69) is 9.97 Å². The Kier molecular flexibility index (Phi) is 5.53. The van der Waals surface area contributed by atoms with Crippen molar-refractivity contribution in [3.63, 3.8) is 0 Å². The van der Waals surface area contributed by atoms with Gasteiger partial charge in [-0.15, -0.1) is 0 Å². The fourth-order valence-electron chi connectivity index (χ4n) is 4.41. The fraction of sp³-hybridized carbons (Fsp3) is 0.192. The molecular formula is C26H26N4O4S. The molecule has 3 heterocycles. The lowest BCUT2D eigenvalue weighted by Crippen LogP contribution is -2.22. The van der Waals surface area contributed by atoms with Gasteiger partial charge in [0.1, 0.15) is 11.0 Å². The highest BCUT2D eigenvalue weighted by molar-refractivity contribution is 7.91. The van der Waals surface area contributed by atoms with Crippen LogP contribution in [-0.2, 0) is 16.9 Å². The van der Waals surface area contributed by atoms with E-state index in [1.807, 2.05) is 42.9 Å². The molecule has 0 saturated heterocycles. The Morgan fingerprint density at radius 1 is 1.00 bits per heavy atom. The number of pyridine rings is 1. The summed E-state index contributed by atoms with van der Waals surface area (Å²) in [6, 6.07) is 14.1. The molecule has 1 atom stereocenters. The van der Waals surface area contributed by atoms with Crippen LogP contribution in [0.15, 0.2) is 65.8 Å². The highest BCUT2D eigenvalue weighted by Crippen LogP contribution is 2.39. The van der Waals surface area contributed by atoms with Gasteiger partial charge in [0.25, 0.3) is 0 Å². The normalized spacial score (nSPS) is 12.8. The van der Waals surface area contributed by atoms with Gasteiger partial charge < -0.3 is 24.8 Å². The second-order valence-electron chi connectivity index (χ2n) is 8.50. The van der Waals surface area contributed by atoms with E-state index in [0.29, 0.717) is 28.1 Å². The number of nitrogens with zero attached hydrogens (tertiary/aromatic N) is 2. The van der Waals surface area contributed by atoms with Crippen molar-refractivity contribution >= 4 is 31.8 Å². The van der Waals surface area contributed by atoms with Crippen molar-refractivity contribution < 1.29 is 17.9 Å². The number of nitrogens with one attached hydrogen (secondary N) is 1. The summed E-state index contributed by atoms with van der Waals surface area (Å²) in [7, 11) is 1.35. The molecule has 3 N–H and O–H groups in total. The first-order valence-electron chi connectivity index (χ1n) is 11.0. The Balaban J connectivity index is 1.64. The van der Waals surface area contributed by atoms with Gasteiger partial charge in [0.15, 0.2) is 21.3 Å². The molecule has 180 valence electrons. The lowest BCUT2D eigenvalue weighted by atomic mass is 10.1. The molecule has 0 bridgehead atoms. The molecule has 0 radical (unpaired) electrons. The first-order valence-corrected chi connectivity index (χ1v) is 12.5. The van der Waals surface area contributed by atoms with Crippen LogP contribution in [0.2, 0.25) is 0 Å². The van der Waals surface area contributed by atoms with Gasteiger partial charge in [0.2, 0.25) is 0 Å². The molecule has 0 aliphatic heterocycles. The van der Waals surface area contributed by atoms with Gasteiger partial charge in [0.05, 0.1) is 24.6 Å². The van der Waals surface area contributed by atoms with Crippen LogP contribution in [0.25, 0.3) is 33.2 Å². The summed E-state index contributed by atoms with van der Waals surface area (Å²) in [5, 5.41) is 0.370.